The smallest absolute Gasteiger partial charge is 0.124 e. The van der Waals surface area contributed by atoms with Crippen LogP contribution in [0.5, 0.6) is 11.5 Å². The molecule has 0 heterocycles. The van der Waals surface area contributed by atoms with Crippen molar-refractivity contribution in [2.24, 2.45) is 0 Å². The monoisotopic (exact) mass is 278 g/mol. The van der Waals surface area contributed by atoms with Gasteiger partial charge in [-0.25, -0.2) is 0 Å². The van der Waals surface area contributed by atoms with Crippen molar-refractivity contribution in [3.8, 4) is 11.5 Å². The van der Waals surface area contributed by atoms with E-state index in [4.69, 9.17) is 0 Å². The number of benzene rings is 1. The Balaban J connectivity index is 1.81. The van der Waals surface area contributed by atoms with Crippen molar-refractivity contribution >= 4 is 0 Å². The largest absolute Gasteiger partial charge is 0.507 e. The van der Waals surface area contributed by atoms with Gasteiger partial charge in [-0.15, -0.1) is 0 Å². The van der Waals surface area contributed by atoms with E-state index in [2.05, 4.69) is 17.3 Å². The fourth-order valence-electron chi connectivity index (χ4n) is 3.07. The van der Waals surface area contributed by atoms with Crippen LogP contribution in [0.1, 0.15) is 44.2 Å². The van der Waals surface area contributed by atoms with E-state index in [1.54, 1.807) is 18.2 Å². The molecule has 2 rings (SSSR count). The summed E-state index contributed by atoms with van der Waals surface area (Å²) in [4.78, 5) is 2.41. The van der Waals surface area contributed by atoms with Crippen molar-refractivity contribution in [2.75, 3.05) is 20.1 Å². The maximum Gasteiger partial charge on any atom is 0.124 e. The zero-order valence-corrected chi connectivity index (χ0v) is 12.5. The van der Waals surface area contributed by atoms with Crippen LogP contribution in [-0.2, 0) is 0 Å². The lowest BCUT2D eigenvalue weighted by Crippen LogP contribution is -2.36. The molecule has 1 aliphatic carbocycles. The molecule has 0 radical (unpaired) electrons. The molecule has 4 nitrogen and oxygen atoms in total. The molecule has 0 aromatic heterocycles. The van der Waals surface area contributed by atoms with Crippen molar-refractivity contribution in [1.82, 2.24) is 10.2 Å². The van der Waals surface area contributed by atoms with Crippen molar-refractivity contribution in [3.63, 3.8) is 0 Å². The molecule has 20 heavy (non-hydrogen) atoms. The van der Waals surface area contributed by atoms with Crippen LogP contribution in [0.25, 0.3) is 0 Å². The van der Waals surface area contributed by atoms with Gasteiger partial charge in [0, 0.05) is 25.2 Å². The van der Waals surface area contributed by atoms with Crippen LogP contribution in [0.2, 0.25) is 0 Å². The average molecular weight is 278 g/mol. The van der Waals surface area contributed by atoms with Crippen molar-refractivity contribution < 1.29 is 10.2 Å². The van der Waals surface area contributed by atoms with Crippen LogP contribution >= 0.6 is 0 Å². The summed E-state index contributed by atoms with van der Waals surface area (Å²) < 4.78 is 0. The maximum absolute atomic E-state index is 9.83. The van der Waals surface area contributed by atoms with Gasteiger partial charge in [-0.1, -0.05) is 18.9 Å². The lowest BCUT2D eigenvalue weighted by molar-refractivity contribution is 0.242. The standard InChI is InChI=1S/C16H26N2O2/c1-12(16-14(19)8-5-9-15(16)20)17-10-11-18(2)13-6-3-4-7-13/h5,8-9,12-13,17,19-20H,3-4,6-7,10-11H2,1-2H3. The molecule has 1 aromatic rings. The lowest BCUT2D eigenvalue weighted by atomic mass is 10.1. The SMILES string of the molecule is CC(NCCN(C)C1CCCC1)c1c(O)cccc1O. The molecule has 1 atom stereocenters. The van der Waals surface area contributed by atoms with Gasteiger partial charge in [-0.2, -0.15) is 0 Å². The van der Waals surface area contributed by atoms with Gasteiger partial charge in [0.15, 0.2) is 0 Å². The third kappa shape index (κ3) is 3.64. The molecular weight excluding hydrogens is 252 g/mol. The Labute approximate surface area is 121 Å². The molecule has 1 aliphatic rings. The second-order valence-corrected chi connectivity index (χ2v) is 5.80. The van der Waals surface area contributed by atoms with Gasteiger partial charge in [-0.3, -0.25) is 0 Å². The Hall–Kier alpha value is -1.26. The molecule has 0 saturated heterocycles. The minimum absolute atomic E-state index is 0.0619. The Kier molecular flexibility index (Phi) is 5.26. The number of aromatic hydroxyl groups is 2. The van der Waals surface area contributed by atoms with Crippen molar-refractivity contribution in [1.29, 1.82) is 0 Å². The third-order valence-corrected chi connectivity index (χ3v) is 4.36. The molecule has 1 fully saturated rings. The topological polar surface area (TPSA) is 55.7 Å². The van der Waals surface area contributed by atoms with Crippen molar-refractivity contribution in [3.05, 3.63) is 23.8 Å². The summed E-state index contributed by atoms with van der Waals surface area (Å²) in [6, 6.07) is 5.53. The molecule has 0 aliphatic heterocycles. The first-order valence-corrected chi connectivity index (χ1v) is 7.54. The zero-order chi connectivity index (χ0) is 14.5. The van der Waals surface area contributed by atoms with E-state index in [1.807, 2.05) is 6.92 Å². The highest BCUT2D eigenvalue weighted by Crippen LogP contribution is 2.32. The first kappa shape index (κ1) is 15.1. The van der Waals surface area contributed by atoms with E-state index in [1.165, 1.54) is 25.7 Å². The molecule has 1 aromatic carbocycles. The van der Waals surface area contributed by atoms with Crippen LogP contribution in [0.3, 0.4) is 0 Å². The summed E-state index contributed by atoms with van der Waals surface area (Å²) in [6.45, 7) is 3.80. The predicted octanol–water partition coefficient (Wildman–Crippen LogP) is 2.62. The van der Waals surface area contributed by atoms with Crippen LogP contribution in [0.15, 0.2) is 18.2 Å². The van der Waals surface area contributed by atoms with Gasteiger partial charge in [-0.05, 0) is 38.9 Å². The summed E-state index contributed by atoms with van der Waals surface area (Å²) in [7, 11) is 2.18. The summed E-state index contributed by atoms with van der Waals surface area (Å²) in [5.41, 5.74) is 0.580. The number of nitrogens with zero attached hydrogens (tertiary/aromatic N) is 1. The molecule has 4 heteroatoms. The minimum atomic E-state index is -0.0619. The first-order valence-electron chi connectivity index (χ1n) is 7.54. The second-order valence-electron chi connectivity index (χ2n) is 5.80. The summed E-state index contributed by atoms with van der Waals surface area (Å²) >= 11 is 0. The third-order valence-electron chi connectivity index (χ3n) is 4.36. The van der Waals surface area contributed by atoms with Gasteiger partial charge in [0.2, 0.25) is 0 Å². The van der Waals surface area contributed by atoms with E-state index in [-0.39, 0.29) is 17.5 Å². The van der Waals surface area contributed by atoms with Gasteiger partial charge in [0.05, 0.1) is 5.56 Å². The summed E-state index contributed by atoms with van der Waals surface area (Å²) in [5, 5.41) is 23.0. The highest BCUT2D eigenvalue weighted by atomic mass is 16.3. The fourth-order valence-corrected chi connectivity index (χ4v) is 3.07. The Bertz CT molecular complexity index is 410. The molecular formula is C16H26N2O2. The van der Waals surface area contributed by atoms with Crippen LogP contribution < -0.4 is 5.32 Å². The number of hydrogen-bond donors (Lipinski definition) is 3. The van der Waals surface area contributed by atoms with Crippen LogP contribution in [0.4, 0.5) is 0 Å². The van der Waals surface area contributed by atoms with E-state index < -0.39 is 0 Å². The quantitative estimate of drug-likeness (QED) is 0.749. The highest BCUT2D eigenvalue weighted by Gasteiger charge is 2.19. The Morgan fingerprint density at radius 3 is 2.45 bits per heavy atom. The Morgan fingerprint density at radius 2 is 1.85 bits per heavy atom. The van der Waals surface area contributed by atoms with Gasteiger partial charge in [0.1, 0.15) is 11.5 Å². The second kappa shape index (κ2) is 6.95. The first-order chi connectivity index (χ1) is 9.59. The molecule has 3 N–H and O–H groups in total. The molecule has 1 saturated carbocycles. The number of likely N-dealkylation sites (N-methyl/N-ethyl adjacent to an activating group) is 1. The molecule has 112 valence electrons. The van der Waals surface area contributed by atoms with Gasteiger partial charge >= 0.3 is 0 Å². The van der Waals surface area contributed by atoms with Gasteiger partial charge in [0.25, 0.3) is 0 Å². The number of hydrogen-bond acceptors (Lipinski definition) is 4. The molecule has 0 bridgehead atoms. The summed E-state index contributed by atoms with van der Waals surface area (Å²) in [5.74, 6) is 0.295. The molecule has 0 amide bonds. The van der Waals surface area contributed by atoms with E-state index in [9.17, 15) is 10.2 Å². The zero-order valence-electron chi connectivity index (χ0n) is 12.5. The number of phenolic OH excluding ortho intramolecular Hbond substituents is 2. The van der Waals surface area contributed by atoms with E-state index in [0.29, 0.717) is 5.56 Å². The maximum atomic E-state index is 9.83. The predicted molar refractivity (Wildman–Crippen MR) is 81.1 cm³/mol. The average Bonchev–Trinajstić information content (AvgIpc) is 2.92. The van der Waals surface area contributed by atoms with Crippen LogP contribution in [-0.4, -0.2) is 41.3 Å². The number of rotatable bonds is 6. The Morgan fingerprint density at radius 1 is 1.25 bits per heavy atom. The van der Waals surface area contributed by atoms with E-state index >= 15 is 0 Å². The van der Waals surface area contributed by atoms with Crippen LogP contribution in [0, 0.1) is 0 Å². The van der Waals surface area contributed by atoms with E-state index in [0.717, 1.165) is 19.1 Å². The van der Waals surface area contributed by atoms with Crippen molar-refractivity contribution in [2.45, 2.75) is 44.7 Å². The highest BCUT2D eigenvalue weighted by molar-refractivity contribution is 5.44. The normalized spacial score (nSPS) is 17.8. The number of nitrogens with one attached hydrogen (secondary N) is 1. The lowest BCUT2D eigenvalue weighted by Gasteiger charge is -2.25. The number of phenols is 2. The summed E-state index contributed by atoms with van der Waals surface area (Å²) in [6.07, 6.45) is 5.33. The molecule has 1 unspecified atom stereocenters. The minimum Gasteiger partial charge on any atom is -0.507 e. The fraction of sp³-hybridized carbons (Fsp3) is 0.625. The van der Waals surface area contributed by atoms with Gasteiger partial charge < -0.3 is 20.4 Å². The molecule has 0 spiro atoms.